The second kappa shape index (κ2) is 6.05. The quantitative estimate of drug-likeness (QED) is 0.820. The van der Waals surface area contributed by atoms with Crippen LogP contribution < -0.4 is 5.73 Å². The Bertz CT molecular complexity index is 274. The van der Waals surface area contributed by atoms with Crippen LogP contribution in [0.4, 0.5) is 0 Å². The number of amides is 1. The molecule has 2 unspecified atom stereocenters. The lowest BCUT2D eigenvalue weighted by Gasteiger charge is -2.36. The molecule has 2 aliphatic rings. The fourth-order valence-corrected chi connectivity index (χ4v) is 3.63. The van der Waals surface area contributed by atoms with Crippen molar-refractivity contribution in [3.8, 4) is 0 Å². The Morgan fingerprint density at radius 2 is 1.67 bits per heavy atom. The smallest absolute Gasteiger partial charge is 0.222 e. The highest BCUT2D eigenvalue weighted by molar-refractivity contribution is 5.76. The molecule has 104 valence electrons. The van der Waals surface area contributed by atoms with Gasteiger partial charge in [0.05, 0.1) is 0 Å². The van der Waals surface area contributed by atoms with Crippen molar-refractivity contribution in [1.29, 1.82) is 0 Å². The number of hydrogen-bond acceptors (Lipinski definition) is 2. The fraction of sp³-hybridized carbons (Fsp3) is 0.933. The predicted molar refractivity (Wildman–Crippen MR) is 74.1 cm³/mol. The van der Waals surface area contributed by atoms with Gasteiger partial charge in [-0.3, -0.25) is 4.79 Å². The third-order valence-electron chi connectivity index (χ3n) is 4.58. The lowest BCUT2D eigenvalue weighted by molar-refractivity contribution is -0.135. The number of hydrogen-bond donors (Lipinski definition) is 1. The van der Waals surface area contributed by atoms with Crippen molar-refractivity contribution in [2.24, 2.45) is 23.5 Å². The highest BCUT2D eigenvalue weighted by Crippen LogP contribution is 2.28. The molecule has 2 fully saturated rings. The van der Waals surface area contributed by atoms with Crippen molar-refractivity contribution < 1.29 is 4.79 Å². The number of nitrogens with two attached hydrogens (primary N) is 1. The Labute approximate surface area is 111 Å². The summed E-state index contributed by atoms with van der Waals surface area (Å²) in [6, 6.07) is 0.381. The van der Waals surface area contributed by atoms with Gasteiger partial charge in [0, 0.05) is 25.6 Å². The van der Waals surface area contributed by atoms with Crippen molar-refractivity contribution in [1.82, 2.24) is 4.90 Å². The van der Waals surface area contributed by atoms with Crippen molar-refractivity contribution in [2.75, 3.05) is 13.1 Å². The molecular formula is C15H28N2O. The lowest BCUT2D eigenvalue weighted by atomic mass is 9.83. The molecule has 1 saturated carbocycles. The van der Waals surface area contributed by atoms with Crippen LogP contribution in [0.2, 0.25) is 0 Å². The first-order valence-corrected chi connectivity index (χ1v) is 7.58. The number of likely N-dealkylation sites (tertiary alicyclic amines) is 1. The minimum absolute atomic E-state index is 0.381. The van der Waals surface area contributed by atoms with Crippen molar-refractivity contribution in [2.45, 2.75) is 58.4 Å². The van der Waals surface area contributed by atoms with Gasteiger partial charge in [-0.2, -0.15) is 0 Å². The van der Waals surface area contributed by atoms with Gasteiger partial charge in [0.2, 0.25) is 5.91 Å². The van der Waals surface area contributed by atoms with Crippen LogP contribution >= 0.6 is 0 Å². The van der Waals surface area contributed by atoms with Crippen molar-refractivity contribution in [3.63, 3.8) is 0 Å². The molecule has 0 aromatic carbocycles. The van der Waals surface area contributed by atoms with Gasteiger partial charge in [-0.05, 0) is 49.9 Å². The van der Waals surface area contributed by atoms with E-state index in [9.17, 15) is 4.79 Å². The van der Waals surface area contributed by atoms with Crippen LogP contribution in [0.5, 0.6) is 0 Å². The van der Waals surface area contributed by atoms with Crippen molar-refractivity contribution in [3.05, 3.63) is 0 Å². The molecule has 0 spiro atoms. The number of carbonyl (C=O) groups excluding carboxylic acids is 1. The first-order valence-electron chi connectivity index (χ1n) is 7.58. The minimum atomic E-state index is 0.381. The van der Waals surface area contributed by atoms with E-state index < -0.39 is 0 Å². The van der Waals surface area contributed by atoms with E-state index in [2.05, 4.69) is 18.7 Å². The molecule has 1 amide bonds. The number of piperidine rings is 1. The Kier molecular flexibility index (Phi) is 4.66. The van der Waals surface area contributed by atoms with Gasteiger partial charge < -0.3 is 10.6 Å². The van der Waals surface area contributed by atoms with Gasteiger partial charge in [0.1, 0.15) is 0 Å². The topological polar surface area (TPSA) is 46.3 Å². The van der Waals surface area contributed by atoms with E-state index in [0.29, 0.717) is 29.7 Å². The highest BCUT2D eigenvalue weighted by atomic mass is 16.2. The minimum Gasteiger partial charge on any atom is -0.342 e. The average Bonchev–Trinajstić information content (AvgIpc) is 2.31. The van der Waals surface area contributed by atoms with Crippen molar-refractivity contribution >= 4 is 5.91 Å². The second-order valence-corrected chi connectivity index (χ2v) is 6.73. The molecule has 2 atom stereocenters. The summed E-state index contributed by atoms with van der Waals surface area (Å²) < 4.78 is 0. The Balaban J connectivity index is 1.80. The molecule has 1 aliphatic carbocycles. The highest BCUT2D eigenvalue weighted by Gasteiger charge is 2.28. The maximum atomic E-state index is 12.3. The summed E-state index contributed by atoms with van der Waals surface area (Å²) >= 11 is 0. The number of carbonyl (C=O) groups is 1. The molecule has 0 bridgehead atoms. The molecular weight excluding hydrogens is 224 g/mol. The van der Waals surface area contributed by atoms with E-state index in [4.69, 9.17) is 5.73 Å². The summed E-state index contributed by atoms with van der Waals surface area (Å²) in [6.45, 7) is 6.45. The molecule has 3 nitrogen and oxygen atoms in total. The Morgan fingerprint density at radius 1 is 1.11 bits per heavy atom. The van der Waals surface area contributed by atoms with Gasteiger partial charge in [0.25, 0.3) is 0 Å². The molecule has 1 heterocycles. The van der Waals surface area contributed by atoms with Crippen LogP contribution in [0.1, 0.15) is 52.4 Å². The first-order chi connectivity index (χ1) is 8.54. The number of rotatable bonds is 2. The van der Waals surface area contributed by atoms with Crippen LogP contribution in [0.15, 0.2) is 0 Å². The predicted octanol–water partition coefficient (Wildman–Crippen LogP) is 2.40. The average molecular weight is 252 g/mol. The third-order valence-corrected chi connectivity index (χ3v) is 4.58. The van der Waals surface area contributed by atoms with E-state index in [1.165, 1.54) is 6.42 Å². The van der Waals surface area contributed by atoms with E-state index in [1.807, 2.05) is 0 Å². The zero-order chi connectivity index (χ0) is 13.1. The summed E-state index contributed by atoms with van der Waals surface area (Å²) in [5, 5.41) is 0. The van der Waals surface area contributed by atoms with E-state index in [-0.39, 0.29) is 0 Å². The van der Waals surface area contributed by atoms with Gasteiger partial charge >= 0.3 is 0 Å². The summed E-state index contributed by atoms with van der Waals surface area (Å²) in [5.74, 6) is 2.30. The van der Waals surface area contributed by atoms with E-state index in [0.717, 1.165) is 45.2 Å². The summed E-state index contributed by atoms with van der Waals surface area (Å²) in [4.78, 5) is 14.4. The summed E-state index contributed by atoms with van der Waals surface area (Å²) in [7, 11) is 0. The normalized spacial score (nSPS) is 37.6. The van der Waals surface area contributed by atoms with Gasteiger partial charge in [0.15, 0.2) is 0 Å². The summed E-state index contributed by atoms with van der Waals surface area (Å²) in [5.41, 5.74) is 5.91. The second-order valence-electron chi connectivity index (χ2n) is 6.73. The molecule has 3 heteroatoms. The van der Waals surface area contributed by atoms with Crippen LogP contribution in [0, 0.1) is 17.8 Å². The SMILES string of the molecule is CC1CC(C)CN(C(=O)CC2CCC(N)CC2)C1. The largest absolute Gasteiger partial charge is 0.342 e. The zero-order valence-corrected chi connectivity index (χ0v) is 11.9. The van der Waals surface area contributed by atoms with Crippen LogP contribution in [0.25, 0.3) is 0 Å². The standard InChI is InChI=1S/C15H28N2O/c1-11-7-12(2)10-17(9-11)15(18)8-13-3-5-14(16)6-4-13/h11-14H,3-10,16H2,1-2H3. The lowest BCUT2D eigenvalue weighted by Crippen LogP contribution is -2.43. The van der Waals surface area contributed by atoms with Gasteiger partial charge in [-0.1, -0.05) is 13.8 Å². The first kappa shape index (κ1) is 13.9. The fourth-order valence-electron chi connectivity index (χ4n) is 3.63. The number of nitrogens with zero attached hydrogens (tertiary/aromatic N) is 1. The van der Waals surface area contributed by atoms with E-state index >= 15 is 0 Å². The maximum Gasteiger partial charge on any atom is 0.222 e. The van der Waals surface area contributed by atoms with Gasteiger partial charge in [-0.15, -0.1) is 0 Å². The third kappa shape index (κ3) is 3.71. The molecule has 18 heavy (non-hydrogen) atoms. The van der Waals surface area contributed by atoms with Crippen LogP contribution in [-0.2, 0) is 4.79 Å². The molecule has 1 aliphatic heterocycles. The molecule has 0 aromatic heterocycles. The molecule has 0 aromatic rings. The monoisotopic (exact) mass is 252 g/mol. The maximum absolute atomic E-state index is 12.3. The Hall–Kier alpha value is -0.570. The molecule has 2 N–H and O–H groups in total. The van der Waals surface area contributed by atoms with Crippen LogP contribution in [0.3, 0.4) is 0 Å². The molecule has 2 rings (SSSR count). The Morgan fingerprint density at radius 3 is 2.22 bits per heavy atom. The molecule has 0 radical (unpaired) electrons. The van der Waals surface area contributed by atoms with Crippen LogP contribution in [-0.4, -0.2) is 29.9 Å². The van der Waals surface area contributed by atoms with E-state index in [1.54, 1.807) is 0 Å². The zero-order valence-electron chi connectivity index (χ0n) is 11.9. The molecule has 1 saturated heterocycles. The van der Waals surface area contributed by atoms with Gasteiger partial charge in [-0.25, -0.2) is 0 Å². The summed E-state index contributed by atoms with van der Waals surface area (Å²) in [6.07, 6.45) is 6.52.